The van der Waals surface area contributed by atoms with Crippen LogP contribution in [-0.2, 0) is 6.42 Å². The van der Waals surface area contributed by atoms with Crippen molar-refractivity contribution in [1.29, 1.82) is 0 Å². The molecule has 0 saturated heterocycles. The molecule has 0 radical (unpaired) electrons. The highest BCUT2D eigenvalue weighted by Crippen LogP contribution is 2.28. The highest BCUT2D eigenvalue weighted by molar-refractivity contribution is 6.33. The predicted molar refractivity (Wildman–Crippen MR) is 72.4 cm³/mol. The molecule has 2 N–H and O–H groups in total. The normalized spacial score (nSPS) is 12.6. The van der Waals surface area contributed by atoms with Gasteiger partial charge < -0.3 is 10.6 Å². The zero-order valence-electron chi connectivity index (χ0n) is 10.3. The van der Waals surface area contributed by atoms with Crippen molar-refractivity contribution in [3.63, 3.8) is 0 Å². The third-order valence-electron chi connectivity index (χ3n) is 3.08. The van der Waals surface area contributed by atoms with Gasteiger partial charge in [0.15, 0.2) is 0 Å². The molecule has 1 atom stereocenters. The first-order chi connectivity index (χ1) is 7.60. The molecule has 16 heavy (non-hydrogen) atoms. The van der Waals surface area contributed by atoms with Crippen LogP contribution in [0.3, 0.4) is 0 Å². The van der Waals surface area contributed by atoms with Gasteiger partial charge in [0.1, 0.15) is 0 Å². The Balaban J connectivity index is 2.89. The van der Waals surface area contributed by atoms with Gasteiger partial charge in [-0.15, -0.1) is 0 Å². The molecular weight excluding hydrogens is 220 g/mol. The number of nitrogens with zero attached hydrogens (tertiary/aromatic N) is 1. The van der Waals surface area contributed by atoms with Crippen LogP contribution in [0.2, 0.25) is 5.02 Å². The van der Waals surface area contributed by atoms with E-state index in [4.69, 9.17) is 17.3 Å². The van der Waals surface area contributed by atoms with E-state index in [-0.39, 0.29) is 0 Å². The standard InChI is InChI=1S/C13H21ClN2/c1-4-10(2)16(3)13-6-5-11(7-8-15)9-12(13)14/h5-6,9-10H,4,7-8,15H2,1-3H3. The van der Waals surface area contributed by atoms with Crippen LogP contribution < -0.4 is 10.6 Å². The molecule has 0 aromatic heterocycles. The van der Waals surface area contributed by atoms with Crippen LogP contribution in [0, 0.1) is 0 Å². The van der Waals surface area contributed by atoms with Crippen molar-refractivity contribution < 1.29 is 0 Å². The second-order valence-corrected chi connectivity index (χ2v) is 4.60. The molecule has 3 heteroatoms. The molecule has 90 valence electrons. The molecule has 0 saturated carbocycles. The van der Waals surface area contributed by atoms with Gasteiger partial charge in [0.05, 0.1) is 10.7 Å². The van der Waals surface area contributed by atoms with E-state index in [1.54, 1.807) is 0 Å². The lowest BCUT2D eigenvalue weighted by Gasteiger charge is -2.27. The van der Waals surface area contributed by atoms with Crippen LogP contribution in [-0.4, -0.2) is 19.6 Å². The number of anilines is 1. The van der Waals surface area contributed by atoms with Crippen molar-refractivity contribution in [3.8, 4) is 0 Å². The summed E-state index contributed by atoms with van der Waals surface area (Å²) in [5, 5.41) is 0.814. The number of rotatable bonds is 5. The molecule has 0 aliphatic carbocycles. The number of nitrogens with two attached hydrogens (primary N) is 1. The Morgan fingerprint density at radius 1 is 1.44 bits per heavy atom. The van der Waals surface area contributed by atoms with Crippen molar-refractivity contribution in [2.45, 2.75) is 32.7 Å². The summed E-state index contributed by atoms with van der Waals surface area (Å²) in [6.07, 6.45) is 1.99. The van der Waals surface area contributed by atoms with E-state index in [0.717, 1.165) is 23.6 Å². The number of halogens is 1. The Labute approximate surface area is 103 Å². The molecule has 0 spiro atoms. The summed E-state index contributed by atoms with van der Waals surface area (Å²) in [7, 11) is 2.08. The van der Waals surface area contributed by atoms with Gasteiger partial charge in [-0.1, -0.05) is 24.6 Å². The van der Waals surface area contributed by atoms with Crippen LogP contribution in [0.15, 0.2) is 18.2 Å². The van der Waals surface area contributed by atoms with E-state index in [2.05, 4.69) is 37.9 Å². The number of hydrogen-bond acceptors (Lipinski definition) is 2. The quantitative estimate of drug-likeness (QED) is 0.857. The van der Waals surface area contributed by atoms with Gasteiger partial charge in [-0.05, 0) is 44.0 Å². The fourth-order valence-corrected chi connectivity index (χ4v) is 2.01. The Morgan fingerprint density at radius 2 is 2.12 bits per heavy atom. The average molecular weight is 241 g/mol. The molecule has 0 fully saturated rings. The van der Waals surface area contributed by atoms with Gasteiger partial charge in [-0.2, -0.15) is 0 Å². The molecule has 1 unspecified atom stereocenters. The van der Waals surface area contributed by atoms with Gasteiger partial charge in [0.25, 0.3) is 0 Å². The maximum absolute atomic E-state index is 6.28. The van der Waals surface area contributed by atoms with Gasteiger partial charge in [-0.3, -0.25) is 0 Å². The average Bonchev–Trinajstić information content (AvgIpc) is 2.28. The van der Waals surface area contributed by atoms with Crippen molar-refractivity contribution in [1.82, 2.24) is 0 Å². The molecule has 1 aromatic rings. The first-order valence-corrected chi connectivity index (χ1v) is 6.19. The highest BCUT2D eigenvalue weighted by Gasteiger charge is 2.11. The number of hydrogen-bond donors (Lipinski definition) is 1. The van der Waals surface area contributed by atoms with Crippen molar-refractivity contribution >= 4 is 17.3 Å². The summed E-state index contributed by atoms with van der Waals surface area (Å²) in [6.45, 7) is 5.04. The minimum atomic E-state index is 0.498. The van der Waals surface area contributed by atoms with Crippen LogP contribution in [0.1, 0.15) is 25.8 Å². The van der Waals surface area contributed by atoms with Crippen LogP contribution in [0.5, 0.6) is 0 Å². The highest BCUT2D eigenvalue weighted by atomic mass is 35.5. The molecule has 0 bridgehead atoms. The van der Waals surface area contributed by atoms with Gasteiger partial charge in [0, 0.05) is 13.1 Å². The van der Waals surface area contributed by atoms with E-state index in [1.165, 1.54) is 5.56 Å². The lowest BCUT2D eigenvalue weighted by atomic mass is 10.1. The summed E-state index contributed by atoms with van der Waals surface area (Å²) < 4.78 is 0. The maximum Gasteiger partial charge on any atom is 0.0642 e. The van der Waals surface area contributed by atoms with Crippen molar-refractivity contribution in [2.24, 2.45) is 5.73 Å². The first-order valence-electron chi connectivity index (χ1n) is 5.81. The lowest BCUT2D eigenvalue weighted by Crippen LogP contribution is -2.28. The van der Waals surface area contributed by atoms with E-state index >= 15 is 0 Å². The molecule has 0 heterocycles. The molecular formula is C13H21ClN2. The first kappa shape index (κ1) is 13.3. The maximum atomic E-state index is 6.28. The summed E-state index contributed by atoms with van der Waals surface area (Å²) in [5.41, 5.74) is 7.82. The van der Waals surface area contributed by atoms with Crippen LogP contribution >= 0.6 is 11.6 Å². The second kappa shape index (κ2) is 6.12. The molecule has 2 nitrogen and oxygen atoms in total. The molecule has 1 rings (SSSR count). The summed E-state index contributed by atoms with van der Waals surface area (Å²) in [4.78, 5) is 2.22. The van der Waals surface area contributed by atoms with Crippen molar-refractivity contribution in [3.05, 3.63) is 28.8 Å². The van der Waals surface area contributed by atoms with Gasteiger partial charge >= 0.3 is 0 Å². The van der Waals surface area contributed by atoms with Crippen LogP contribution in [0.25, 0.3) is 0 Å². The molecule has 0 aliphatic heterocycles. The Morgan fingerprint density at radius 3 is 2.62 bits per heavy atom. The largest absolute Gasteiger partial charge is 0.371 e. The Kier molecular flexibility index (Phi) is 5.10. The minimum Gasteiger partial charge on any atom is -0.371 e. The van der Waals surface area contributed by atoms with E-state index < -0.39 is 0 Å². The fourth-order valence-electron chi connectivity index (χ4n) is 1.67. The summed E-state index contributed by atoms with van der Waals surface area (Å²) in [6, 6.07) is 6.70. The second-order valence-electron chi connectivity index (χ2n) is 4.19. The third-order valence-corrected chi connectivity index (χ3v) is 3.38. The molecule has 1 aromatic carbocycles. The van der Waals surface area contributed by atoms with Gasteiger partial charge in [0.2, 0.25) is 0 Å². The summed E-state index contributed by atoms with van der Waals surface area (Å²) in [5.74, 6) is 0. The topological polar surface area (TPSA) is 29.3 Å². The van der Waals surface area contributed by atoms with Crippen molar-refractivity contribution in [2.75, 3.05) is 18.5 Å². The minimum absolute atomic E-state index is 0.498. The molecule has 0 amide bonds. The monoisotopic (exact) mass is 240 g/mol. The number of benzene rings is 1. The van der Waals surface area contributed by atoms with E-state index in [1.807, 2.05) is 6.07 Å². The van der Waals surface area contributed by atoms with E-state index in [9.17, 15) is 0 Å². The van der Waals surface area contributed by atoms with E-state index in [0.29, 0.717) is 12.6 Å². The summed E-state index contributed by atoms with van der Waals surface area (Å²) >= 11 is 6.28. The third kappa shape index (κ3) is 3.13. The molecule has 0 aliphatic rings. The SMILES string of the molecule is CCC(C)N(C)c1ccc(CCN)cc1Cl. The zero-order valence-corrected chi connectivity index (χ0v) is 11.1. The smallest absolute Gasteiger partial charge is 0.0642 e. The Bertz CT molecular complexity index is 339. The zero-order chi connectivity index (χ0) is 12.1. The van der Waals surface area contributed by atoms with Crippen LogP contribution in [0.4, 0.5) is 5.69 Å². The fraction of sp³-hybridized carbons (Fsp3) is 0.538. The Hall–Kier alpha value is -0.730. The van der Waals surface area contributed by atoms with Gasteiger partial charge in [-0.25, -0.2) is 0 Å². The lowest BCUT2D eigenvalue weighted by molar-refractivity contribution is 0.664. The predicted octanol–water partition coefficient (Wildman–Crippen LogP) is 3.08.